The van der Waals surface area contributed by atoms with Crippen LogP contribution in [0.4, 0.5) is 5.82 Å². The van der Waals surface area contributed by atoms with E-state index in [-0.39, 0.29) is 0 Å². The number of morpholine rings is 1. The van der Waals surface area contributed by atoms with Crippen LogP contribution in [-0.4, -0.2) is 52.8 Å². The van der Waals surface area contributed by atoms with Crippen molar-refractivity contribution in [3.05, 3.63) is 41.1 Å². The van der Waals surface area contributed by atoms with Gasteiger partial charge < -0.3 is 15.0 Å². The van der Waals surface area contributed by atoms with Gasteiger partial charge in [0.05, 0.1) is 24.6 Å². The molecule has 7 nitrogen and oxygen atoms in total. The first kappa shape index (κ1) is 17.1. The van der Waals surface area contributed by atoms with E-state index in [1.165, 1.54) is 4.90 Å². The maximum atomic E-state index is 12.6. The van der Waals surface area contributed by atoms with Gasteiger partial charge in [-0.05, 0) is 18.6 Å². The number of aromatic nitrogens is 2. The zero-order chi connectivity index (χ0) is 18.1. The Morgan fingerprint density at radius 3 is 2.73 bits per heavy atom. The van der Waals surface area contributed by atoms with Crippen molar-refractivity contribution < 1.29 is 14.3 Å². The first-order valence-electron chi connectivity index (χ1n) is 8.57. The number of nitrogens with zero attached hydrogens (tertiary/aromatic N) is 3. The number of rotatable bonds is 2. The van der Waals surface area contributed by atoms with Crippen molar-refractivity contribution in [2.45, 2.75) is 18.4 Å². The van der Waals surface area contributed by atoms with E-state index in [0.29, 0.717) is 32.1 Å². The highest BCUT2D eigenvalue weighted by Gasteiger charge is 2.29. The number of thioether (sulfide) groups is 1. The predicted molar refractivity (Wildman–Crippen MR) is 99.3 cm³/mol. The van der Waals surface area contributed by atoms with Gasteiger partial charge in [-0.25, -0.2) is 4.68 Å². The molecular weight excluding hydrogens is 352 g/mol. The van der Waals surface area contributed by atoms with E-state index in [4.69, 9.17) is 4.74 Å². The number of para-hydroxylation sites is 1. The molecule has 8 heteroatoms. The number of aryl methyl sites for hydroxylation is 1. The Morgan fingerprint density at radius 1 is 1.19 bits per heavy atom. The Labute approximate surface area is 155 Å². The van der Waals surface area contributed by atoms with Gasteiger partial charge in [-0.1, -0.05) is 18.2 Å². The van der Waals surface area contributed by atoms with E-state index in [1.807, 2.05) is 31.2 Å². The Kier molecular flexibility index (Phi) is 4.69. The summed E-state index contributed by atoms with van der Waals surface area (Å²) in [5.41, 5.74) is 3.92. The first-order valence-corrected chi connectivity index (χ1v) is 9.73. The number of hydrogen-bond acceptors (Lipinski definition) is 5. The van der Waals surface area contributed by atoms with E-state index in [9.17, 15) is 9.59 Å². The fraction of sp³-hybridized carbons (Fsp3) is 0.389. The number of amides is 2. The molecule has 1 aromatic carbocycles. The lowest BCUT2D eigenvalue weighted by Gasteiger charge is -2.26. The standard InChI is InChI=1S/C18H20N4O3S/c1-12-4-2-3-5-15(12)22-16(13-10-26-11-14(13)20-22)19-17(23)18(24)21-6-8-25-9-7-21/h2-5H,6-11H2,1H3,(H,19,23). The highest BCUT2D eigenvalue weighted by atomic mass is 32.2. The van der Waals surface area contributed by atoms with Crippen LogP contribution < -0.4 is 5.32 Å². The first-order chi connectivity index (χ1) is 12.6. The van der Waals surface area contributed by atoms with Crippen LogP contribution in [0.2, 0.25) is 0 Å². The van der Waals surface area contributed by atoms with Crippen molar-refractivity contribution >= 4 is 29.4 Å². The number of anilines is 1. The molecule has 2 aliphatic rings. The lowest BCUT2D eigenvalue weighted by atomic mass is 10.2. The van der Waals surface area contributed by atoms with Crippen LogP contribution >= 0.6 is 11.8 Å². The maximum Gasteiger partial charge on any atom is 0.315 e. The average molecular weight is 372 g/mol. The highest BCUT2D eigenvalue weighted by molar-refractivity contribution is 7.98. The minimum Gasteiger partial charge on any atom is -0.378 e. The van der Waals surface area contributed by atoms with Gasteiger partial charge in [0.15, 0.2) is 0 Å². The summed E-state index contributed by atoms with van der Waals surface area (Å²) in [5.74, 6) is 1.05. The van der Waals surface area contributed by atoms with Crippen LogP contribution in [0.5, 0.6) is 0 Å². The van der Waals surface area contributed by atoms with Crippen LogP contribution in [0.3, 0.4) is 0 Å². The van der Waals surface area contributed by atoms with Gasteiger partial charge in [0.25, 0.3) is 0 Å². The van der Waals surface area contributed by atoms with Gasteiger partial charge in [-0.3, -0.25) is 9.59 Å². The van der Waals surface area contributed by atoms with Crippen molar-refractivity contribution in [3.63, 3.8) is 0 Å². The molecule has 4 rings (SSSR count). The lowest BCUT2D eigenvalue weighted by molar-refractivity contribution is -0.145. The summed E-state index contributed by atoms with van der Waals surface area (Å²) < 4.78 is 7.00. The van der Waals surface area contributed by atoms with Crippen LogP contribution in [0.15, 0.2) is 24.3 Å². The lowest BCUT2D eigenvalue weighted by Crippen LogP contribution is -2.46. The van der Waals surface area contributed by atoms with E-state index in [2.05, 4.69) is 10.4 Å². The molecule has 2 amide bonds. The third-order valence-corrected chi connectivity index (χ3v) is 5.59. The Balaban J connectivity index is 1.64. The van der Waals surface area contributed by atoms with Gasteiger partial charge in [-0.2, -0.15) is 16.9 Å². The quantitative estimate of drug-likeness (QED) is 0.813. The minimum atomic E-state index is -0.624. The van der Waals surface area contributed by atoms with Gasteiger partial charge in [0.2, 0.25) is 0 Å². The molecule has 0 unspecified atom stereocenters. The summed E-state index contributed by atoms with van der Waals surface area (Å²) in [6, 6.07) is 7.87. The number of ether oxygens (including phenoxy) is 1. The molecule has 136 valence electrons. The fourth-order valence-electron chi connectivity index (χ4n) is 3.19. The summed E-state index contributed by atoms with van der Waals surface area (Å²) >= 11 is 1.76. The zero-order valence-electron chi connectivity index (χ0n) is 14.5. The smallest absolute Gasteiger partial charge is 0.315 e. The molecule has 0 radical (unpaired) electrons. The molecule has 1 N–H and O–H groups in total. The van der Waals surface area contributed by atoms with Crippen molar-refractivity contribution in [1.82, 2.24) is 14.7 Å². The Morgan fingerprint density at radius 2 is 1.96 bits per heavy atom. The fourth-order valence-corrected chi connectivity index (χ4v) is 4.22. The normalized spacial score (nSPS) is 16.4. The molecule has 0 bridgehead atoms. The van der Waals surface area contributed by atoms with Crippen LogP contribution in [0.1, 0.15) is 16.8 Å². The summed E-state index contributed by atoms with van der Waals surface area (Å²) in [6.07, 6.45) is 0. The predicted octanol–water partition coefficient (Wildman–Crippen LogP) is 1.72. The minimum absolute atomic E-state index is 0.442. The maximum absolute atomic E-state index is 12.6. The molecule has 1 saturated heterocycles. The summed E-state index contributed by atoms with van der Waals surface area (Å²) in [6.45, 7) is 3.81. The zero-order valence-corrected chi connectivity index (χ0v) is 15.3. The molecule has 1 fully saturated rings. The second-order valence-electron chi connectivity index (χ2n) is 6.32. The van der Waals surface area contributed by atoms with Gasteiger partial charge in [-0.15, -0.1) is 0 Å². The van der Waals surface area contributed by atoms with Crippen molar-refractivity contribution in [2.75, 3.05) is 31.6 Å². The SMILES string of the molecule is Cc1ccccc1-n1nc2c(c1NC(=O)C(=O)N1CCOCC1)CSC2. The Bertz CT molecular complexity index is 858. The van der Waals surface area contributed by atoms with Gasteiger partial charge in [0, 0.05) is 30.2 Å². The Hall–Kier alpha value is -2.32. The van der Waals surface area contributed by atoms with Crippen molar-refractivity contribution in [1.29, 1.82) is 0 Å². The molecule has 2 aromatic rings. The van der Waals surface area contributed by atoms with E-state index in [0.717, 1.165) is 34.0 Å². The average Bonchev–Trinajstić information content (AvgIpc) is 3.25. The second-order valence-corrected chi connectivity index (χ2v) is 7.31. The molecule has 0 aliphatic carbocycles. The van der Waals surface area contributed by atoms with Gasteiger partial charge in [0.1, 0.15) is 5.82 Å². The third kappa shape index (κ3) is 3.10. The molecule has 0 saturated carbocycles. The van der Waals surface area contributed by atoms with Crippen LogP contribution in [-0.2, 0) is 25.8 Å². The van der Waals surface area contributed by atoms with Gasteiger partial charge >= 0.3 is 11.8 Å². The topological polar surface area (TPSA) is 76.5 Å². The number of nitrogens with one attached hydrogen (secondary N) is 1. The van der Waals surface area contributed by atoms with Crippen molar-refractivity contribution in [2.24, 2.45) is 0 Å². The largest absolute Gasteiger partial charge is 0.378 e. The van der Waals surface area contributed by atoms with Crippen molar-refractivity contribution in [3.8, 4) is 5.69 Å². The van der Waals surface area contributed by atoms with E-state index >= 15 is 0 Å². The summed E-state index contributed by atoms with van der Waals surface area (Å²) in [5, 5.41) is 7.51. The number of fused-ring (bicyclic) bond motifs is 1. The van der Waals surface area contributed by atoms with E-state index in [1.54, 1.807) is 16.4 Å². The number of carbonyl (C=O) groups excluding carboxylic acids is 2. The number of carbonyl (C=O) groups is 2. The monoisotopic (exact) mass is 372 g/mol. The highest BCUT2D eigenvalue weighted by Crippen LogP contribution is 2.36. The molecule has 0 spiro atoms. The molecule has 2 aliphatic heterocycles. The third-order valence-electron chi connectivity index (χ3n) is 4.62. The molecule has 0 atom stereocenters. The molecule has 26 heavy (non-hydrogen) atoms. The van der Waals surface area contributed by atoms with Crippen LogP contribution in [0.25, 0.3) is 5.69 Å². The van der Waals surface area contributed by atoms with E-state index < -0.39 is 11.8 Å². The summed E-state index contributed by atoms with van der Waals surface area (Å²) in [4.78, 5) is 26.6. The second kappa shape index (κ2) is 7.13. The number of hydrogen-bond donors (Lipinski definition) is 1. The summed E-state index contributed by atoms with van der Waals surface area (Å²) in [7, 11) is 0. The number of benzene rings is 1. The molecule has 3 heterocycles. The molecule has 1 aromatic heterocycles. The van der Waals surface area contributed by atoms with Crippen LogP contribution in [0, 0.1) is 6.92 Å². The molecular formula is C18H20N4O3S.